The standard InChI is InChI=1S/C27H20BrNO3S/c28-23-18-16-22(17-19-23)27(30)26(29-33(31,32)24-14-8-3-9-15-24)25(20-10-4-1-5-11-20)21-12-6-2-7-13-21/h1-19,29H. The van der Waals surface area contributed by atoms with Crippen LogP contribution in [0.3, 0.4) is 0 Å². The normalized spacial score (nSPS) is 10.9. The van der Waals surface area contributed by atoms with Crippen LogP contribution in [-0.2, 0) is 10.0 Å². The number of allylic oxidation sites excluding steroid dienone is 1. The van der Waals surface area contributed by atoms with E-state index in [0.29, 0.717) is 11.1 Å². The van der Waals surface area contributed by atoms with Crippen LogP contribution in [0.25, 0.3) is 5.57 Å². The van der Waals surface area contributed by atoms with E-state index in [2.05, 4.69) is 20.7 Å². The topological polar surface area (TPSA) is 63.2 Å². The molecular weight excluding hydrogens is 498 g/mol. The molecule has 0 aliphatic carbocycles. The zero-order chi connectivity index (χ0) is 23.3. The molecule has 0 aliphatic heterocycles. The second-order valence-corrected chi connectivity index (χ2v) is 9.83. The summed E-state index contributed by atoms with van der Waals surface area (Å²) < 4.78 is 30.0. The lowest BCUT2D eigenvalue weighted by Gasteiger charge is -2.18. The van der Waals surface area contributed by atoms with Crippen molar-refractivity contribution in [3.05, 3.63) is 142 Å². The van der Waals surface area contributed by atoms with Gasteiger partial charge in [-0.1, -0.05) is 94.8 Å². The molecule has 0 fully saturated rings. The Bertz CT molecular complexity index is 1340. The van der Waals surface area contributed by atoms with Gasteiger partial charge in [-0.2, -0.15) is 0 Å². The van der Waals surface area contributed by atoms with Gasteiger partial charge in [0, 0.05) is 15.6 Å². The van der Waals surface area contributed by atoms with Crippen LogP contribution in [0.2, 0.25) is 0 Å². The Balaban J connectivity index is 1.97. The molecule has 0 saturated carbocycles. The van der Waals surface area contributed by atoms with Gasteiger partial charge in [-0.25, -0.2) is 8.42 Å². The highest BCUT2D eigenvalue weighted by Gasteiger charge is 2.25. The van der Waals surface area contributed by atoms with Gasteiger partial charge in [-0.05, 0) is 47.5 Å². The molecule has 164 valence electrons. The summed E-state index contributed by atoms with van der Waals surface area (Å²) in [6.45, 7) is 0. The van der Waals surface area contributed by atoms with Crippen molar-refractivity contribution in [1.29, 1.82) is 0 Å². The predicted molar refractivity (Wildman–Crippen MR) is 134 cm³/mol. The summed E-state index contributed by atoms with van der Waals surface area (Å²) in [4.78, 5) is 13.8. The minimum atomic E-state index is -4.02. The van der Waals surface area contributed by atoms with Gasteiger partial charge in [0.15, 0.2) is 0 Å². The van der Waals surface area contributed by atoms with Crippen LogP contribution in [0.5, 0.6) is 0 Å². The van der Waals surface area contributed by atoms with E-state index in [9.17, 15) is 13.2 Å². The predicted octanol–water partition coefficient (Wildman–Crippen LogP) is 6.07. The fraction of sp³-hybridized carbons (Fsp3) is 0. The lowest BCUT2D eigenvalue weighted by molar-refractivity contribution is 0.103. The molecule has 0 atom stereocenters. The summed E-state index contributed by atoms with van der Waals surface area (Å²) in [6.07, 6.45) is 0. The maximum atomic E-state index is 13.8. The average Bonchev–Trinajstić information content (AvgIpc) is 2.85. The van der Waals surface area contributed by atoms with Crippen molar-refractivity contribution in [2.45, 2.75) is 4.90 Å². The summed E-state index contributed by atoms with van der Waals surface area (Å²) in [5.74, 6) is -0.426. The minimum absolute atomic E-state index is 0.0152. The van der Waals surface area contributed by atoms with Crippen LogP contribution in [0.1, 0.15) is 21.5 Å². The zero-order valence-electron chi connectivity index (χ0n) is 17.5. The minimum Gasteiger partial charge on any atom is -0.287 e. The van der Waals surface area contributed by atoms with Crippen LogP contribution < -0.4 is 4.72 Å². The number of hydrogen-bond donors (Lipinski definition) is 1. The smallest absolute Gasteiger partial charge is 0.262 e. The lowest BCUT2D eigenvalue weighted by atomic mass is 9.93. The van der Waals surface area contributed by atoms with Crippen LogP contribution in [-0.4, -0.2) is 14.2 Å². The van der Waals surface area contributed by atoms with Gasteiger partial charge in [-0.3, -0.25) is 9.52 Å². The zero-order valence-corrected chi connectivity index (χ0v) is 19.9. The second kappa shape index (κ2) is 9.98. The summed E-state index contributed by atoms with van der Waals surface area (Å²) in [7, 11) is -4.02. The monoisotopic (exact) mass is 517 g/mol. The van der Waals surface area contributed by atoms with Crippen LogP contribution in [0, 0.1) is 0 Å². The van der Waals surface area contributed by atoms with Gasteiger partial charge in [0.25, 0.3) is 10.0 Å². The third kappa shape index (κ3) is 5.30. The highest BCUT2D eigenvalue weighted by molar-refractivity contribution is 9.10. The first kappa shape index (κ1) is 22.7. The van der Waals surface area contributed by atoms with Crippen molar-refractivity contribution in [1.82, 2.24) is 4.72 Å². The molecule has 0 bridgehead atoms. The molecule has 1 N–H and O–H groups in total. The number of rotatable bonds is 7. The Labute approximate surface area is 201 Å². The maximum absolute atomic E-state index is 13.8. The Morgan fingerprint density at radius 2 is 1.06 bits per heavy atom. The van der Waals surface area contributed by atoms with Crippen LogP contribution >= 0.6 is 15.9 Å². The van der Waals surface area contributed by atoms with Crippen LogP contribution in [0.15, 0.2) is 130 Å². The molecule has 0 amide bonds. The van der Waals surface area contributed by atoms with E-state index in [1.807, 2.05) is 60.7 Å². The summed E-state index contributed by atoms with van der Waals surface area (Å²) in [5, 5.41) is 0. The third-order valence-electron chi connectivity index (χ3n) is 5.00. The first-order valence-electron chi connectivity index (χ1n) is 10.2. The van der Waals surface area contributed by atoms with Gasteiger partial charge < -0.3 is 0 Å². The van der Waals surface area contributed by atoms with E-state index in [1.165, 1.54) is 12.1 Å². The molecule has 0 radical (unpaired) electrons. The van der Waals surface area contributed by atoms with Gasteiger partial charge in [-0.15, -0.1) is 0 Å². The number of carbonyl (C=O) groups excluding carboxylic acids is 1. The van der Waals surface area contributed by atoms with E-state index >= 15 is 0 Å². The molecule has 0 aromatic heterocycles. The fourth-order valence-electron chi connectivity index (χ4n) is 3.41. The lowest BCUT2D eigenvalue weighted by Crippen LogP contribution is -2.29. The molecule has 4 aromatic carbocycles. The number of hydrogen-bond acceptors (Lipinski definition) is 3. The average molecular weight is 518 g/mol. The van der Waals surface area contributed by atoms with Gasteiger partial charge in [0.1, 0.15) is 5.70 Å². The number of benzene rings is 4. The third-order valence-corrected chi connectivity index (χ3v) is 6.89. The Morgan fingerprint density at radius 1 is 0.606 bits per heavy atom. The summed E-state index contributed by atoms with van der Waals surface area (Å²) >= 11 is 3.38. The Morgan fingerprint density at radius 3 is 1.55 bits per heavy atom. The molecule has 4 aromatic rings. The molecule has 0 spiro atoms. The van der Waals surface area contributed by atoms with Crippen molar-refractivity contribution < 1.29 is 13.2 Å². The highest BCUT2D eigenvalue weighted by Crippen LogP contribution is 2.29. The van der Waals surface area contributed by atoms with Crippen molar-refractivity contribution in [3.8, 4) is 0 Å². The summed E-state index contributed by atoms with van der Waals surface area (Å²) in [6, 6.07) is 33.4. The molecule has 33 heavy (non-hydrogen) atoms. The fourth-order valence-corrected chi connectivity index (χ4v) is 4.78. The van der Waals surface area contributed by atoms with E-state index in [1.54, 1.807) is 42.5 Å². The number of Topliss-reactive ketones (excluding diaryl/α,β-unsaturated/α-hetero) is 1. The van der Waals surface area contributed by atoms with Crippen LogP contribution in [0.4, 0.5) is 0 Å². The molecule has 4 rings (SSSR count). The van der Waals surface area contributed by atoms with E-state index in [0.717, 1.165) is 15.6 Å². The largest absolute Gasteiger partial charge is 0.287 e. The van der Waals surface area contributed by atoms with E-state index in [-0.39, 0.29) is 10.6 Å². The SMILES string of the molecule is O=C(C(NS(=O)(=O)c1ccccc1)=C(c1ccccc1)c1ccccc1)c1ccc(Br)cc1. The van der Waals surface area contributed by atoms with Crippen molar-refractivity contribution in [2.24, 2.45) is 0 Å². The molecule has 0 aliphatic rings. The van der Waals surface area contributed by atoms with E-state index < -0.39 is 15.8 Å². The number of nitrogens with one attached hydrogen (secondary N) is 1. The Hall–Kier alpha value is -3.48. The van der Waals surface area contributed by atoms with E-state index in [4.69, 9.17) is 0 Å². The maximum Gasteiger partial charge on any atom is 0.262 e. The van der Waals surface area contributed by atoms with Crippen molar-refractivity contribution in [3.63, 3.8) is 0 Å². The van der Waals surface area contributed by atoms with Gasteiger partial charge in [0.2, 0.25) is 5.78 Å². The Kier molecular flexibility index (Phi) is 6.87. The summed E-state index contributed by atoms with van der Waals surface area (Å²) in [5.41, 5.74) is 2.30. The quantitative estimate of drug-likeness (QED) is 0.239. The molecule has 0 saturated heterocycles. The van der Waals surface area contributed by atoms with Crippen molar-refractivity contribution in [2.75, 3.05) is 0 Å². The van der Waals surface area contributed by atoms with Crippen molar-refractivity contribution >= 4 is 37.3 Å². The molecule has 6 heteroatoms. The second-order valence-electron chi connectivity index (χ2n) is 7.24. The van der Waals surface area contributed by atoms with Gasteiger partial charge >= 0.3 is 0 Å². The first-order chi connectivity index (χ1) is 16.0. The van der Waals surface area contributed by atoms with Gasteiger partial charge in [0.05, 0.1) is 4.90 Å². The molecule has 0 unspecified atom stereocenters. The number of sulfonamides is 1. The highest BCUT2D eigenvalue weighted by atomic mass is 79.9. The molecular formula is C27H20BrNO3S. The number of carbonyl (C=O) groups is 1. The number of halogens is 1. The number of ketones is 1. The first-order valence-corrected chi connectivity index (χ1v) is 12.5. The molecule has 0 heterocycles. The molecule has 4 nitrogen and oxygen atoms in total.